The highest BCUT2D eigenvalue weighted by Crippen LogP contribution is 2.17. The number of aryl methyl sites for hydroxylation is 1. The molecule has 23 heavy (non-hydrogen) atoms. The molecule has 0 aliphatic rings. The van der Waals surface area contributed by atoms with E-state index in [0.29, 0.717) is 13.1 Å². The van der Waals surface area contributed by atoms with Crippen LogP contribution in [0.1, 0.15) is 26.3 Å². The predicted octanol–water partition coefficient (Wildman–Crippen LogP) is 2.56. The van der Waals surface area contributed by atoms with Gasteiger partial charge in [-0.1, -0.05) is 25.1 Å². The Kier molecular flexibility index (Phi) is 11.9. The molecule has 0 saturated heterocycles. The van der Waals surface area contributed by atoms with Crippen LogP contribution in [0.5, 0.6) is 5.75 Å². The summed E-state index contributed by atoms with van der Waals surface area (Å²) in [5.41, 5.74) is 1.13. The standard InChI is InChI=1S/C17H29N3O2.HI/c1-5-18-17(19-10-13(2)12-21)20-11-15(4)22-16-9-7-6-8-14(16)3;/h6-9,13,15,21H,5,10-12H2,1-4H3,(H2,18,19,20);1H. The van der Waals surface area contributed by atoms with E-state index in [2.05, 4.69) is 15.6 Å². The van der Waals surface area contributed by atoms with Crippen molar-refractivity contribution in [2.24, 2.45) is 10.9 Å². The van der Waals surface area contributed by atoms with Crippen molar-refractivity contribution in [3.8, 4) is 5.75 Å². The molecule has 6 heteroatoms. The summed E-state index contributed by atoms with van der Waals surface area (Å²) in [6, 6.07) is 8.00. The van der Waals surface area contributed by atoms with Gasteiger partial charge in [-0.2, -0.15) is 0 Å². The second-order valence-corrected chi connectivity index (χ2v) is 5.58. The average Bonchev–Trinajstić information content (AvgIpc) is 2.52. The molecular formula is C17H30IN3O2. The molecule has 2 unspecified atom stereocenters. The fourth-order valence-corrected chi connectivity index (χ4v) is 1.83. The lowest BCUT2D eigenvalue weighted by Gasteiger charge is -2.19. The van der Waals surface area contributed by atoms with Crippen molar-refractivity contribution >= 4 is 29.9 Å². The van der Waals surface area contributed by atoms with E-state index >= 15 is 0 Å². The summed E-state index contributed by atoms with van der Waals surface area (Å²) in [6.45, 7) is 10.3. The van der Waals surface area contributed by atoms with Gasteiger partial charge in [0.05, 0.1) is 6.54 Å². The van der Waals surface area contributed by atoms with E-state index in [1.165, 1.54) is 0 Å². The summed E-state index contributed by atoms with van der Waals surface area (Å²) < 4.78 is 5.94. The van der Waals surface area contributed by atoms with Gasteiger partial charge in [0, 0.05) is 19.7 Å². The van der Waals surface area contributed by atoms with E-state index in [-0.39, 0.29) is 42.6 Å². The Morgan fingerprint density at radius 1 is 1.26 bits per heavy atom. The first kappa shape index (κ1) is 22.0. The van der Waals surface area contributed by atoms with E-state index in [9.17, 15) is 0 Å². The number of aliphatic hydroxyl groups is 1. The minimum Gasteiger partial charge on any atom is -0.489 e. The van der Waals surface area contributed by atoms with Gasteiger partial charge in [-0.05, 0) is 38.3 Å². The van der Waals surface area contributed by atoms with Crippen LogP contribution in [-0.4, -0.2) is 43.4 Å². The van der Waals surface area contributed by atoms with Gasteiger partial charge in [-0.3, -0.25) is 4.99 Å². The van der Waals surface area contributed by atoms with Crippen molar-refractivity contribution < 1.29 is 9.84 Å². The maximum Gasteiger partial charge on any atom is 0.191 e. The van der Waals surface area contributed by atoms with Gasteiger partial charge in [0.25, 0.3) is 0 Å². The number of para-hydroxylation sites is 1. The zero-order chi connectivity index (χ0) is 16.4. The first-order valence-electron chi connectivity index (χ1n) is 7.92. The molecule has 0 aliphatic heterocycles. The molecule has 0 aromatic heterocycles. The van der Waals surface area contributed by atoms with Crippen LogP contribution in [0.3, 0.4) is 0 Å². The topological polar surface area (TPSA) is 65.9 Å². The summed E-state index contributed by atoms with van der Waals surface area (Å²) >= 11 is 0. The van der Waals surface area contributed by atoms with Gasteiger partial charge in [-0.25, -0.2) is 0 Å². The van der Waals surface area contributed by atoms with Gasteiger partial charge >= 0.3 is 0 Å². The van der Waals surface area contributed by atoms with E-state index in [4.69, 9.17) is 9.84 Å². The smallest absolute Gasteiger partial charge is 0.191 e. The van der Waals surface area contributed by atoms with Crippen molar-refractivity contribution in [2.75, 3.05) is 26.2 Å². The highest BCUT2D eigenvalue weighted by Gasteiger charge is 2.07. The lowest BCUT2D eigenvalue weighted by molar-refractivity contribution is 0.222. The zero-order valence-electron chi connectivity index (χ0n) is 14.5. The maximum absolute atomic E-state index is 9.06. The molecule has 0 saturated carbocycles. The highest BCUT2D eigenvalue weighted by molar-refractivity contribution is 14.0. The van der Waals surface area contributed by atoms with Crippen molar-refractivity contribution in [2.45, 2.75) is 33.8 Å². The Bertz CT molecular complexity index is 469. The quantitative estimate of drug-likeness (QED) is 0.334. The first-order valence-corrected chi connectivity index (χ1v) is 7.92. The van der Waals surface area contributed by atoms with E-state index in [1.54, 1.807) is 0 Å². The number of guanidine groups is 1. The van der Waals surface area contributed by atoms with Crippen molar-refractivity contribution in [3.63, 3.8) is 0 Å². The fraction of sp³-hybridized carbons (Fsp3) is 0.588. The minimum atomic E-state index is 0. The van der Waals surface area contributed by atoms with Gasteiger partial charge in [-0.15, -0.1) is 24.0 Å². The van der Waals surface area contributed by atoms with E-state index in [0.717, 1.165) is 23.8 Å². The van der Waals surface area contributed by atoms with Crippen LogP contribution < -0.4 is 15.4 Å². The number of benzene rings is 1. The largest absolute Gasteiger partial charge is 0.489 e. The molecule has 0 amide bonds. The monoisotopic (exact) mass is 435 g/mol. The lowest BCUT2D eigenvalue weighted by atomic mass is 10.2. The molecule has 2 atom stereocenters. The molecule has 3 N–H and O–H groups in total. The second-order valence-electron chi connectivity index (χ2n) is 5.58. The summed E-state index contributed by atoms with van der Waals surface area (Å²) in [5.74, 6) is 1.83. The number of nitrogens with one attached hydrogen (secondary N) is 2. The van der Waals surface area contributed by atoms with Crippen LogP contribution in [-0.2, 0) is 0 Å². The van der Waals surface area contributed by atoms with Crippen LogP contribution in [0.25, 0.3) is 0 Å². The third-order valence-electron chi connectivity index (χ3n) is 3.20. The number of aliphatic imine (C=N–C) groups is 1. The molecule has 0 aliphatic carbocycles. The molecule has 132 valence electrons. The highest BCUT2D eigenvalue weighted by atomic mass is 127. The summed E-state index contributed by atoms with van der Waals surface area (Å²) in [5, 5.41) is 15.5. The van der Waals surface area contributed by atoms with Gasteiger partial charge in [0.2, 0.25) is 0 Å². The third kappa shape index (κ3) is 9.00. The Hall–Kier alpha value is -1.02. The second kappa shape index (κ2) is 12.4. The fourth-order valence-electron chi connectivity index (χ4n) is 1.83. The molecule has 0 fully saturated rings. The SMILES string of the molecule is CCNC(=NCC(C)CO)NCC(C)Oc1ccccc1C.I. The van der Waals surface area contributed by atoms with Gasteiger partial charge in [0.15, 0.2) is 5.96 Å². The summed E-state index contributed by atoms with van der Waals surface area (Å²) in [4.78, 5) is 4.46. The number of halogens is 1. The summed E-state index contributed by atoms with van der Waals surface area (Å²) in [7, 11) is 0. The maximum atomic E-state index is 9.06. The number of hydrogen-bond acceptors (Lipinski definition) is 3. The van der Waals surface area contributed by atoms with E-state index in [1.807, 2.05) is 52.0 Å². The summed E-state index contributed by atoms with van der Waals surface area (Å²) in [6.07, 6.45) is 0.0280. The van der Waals surface area contributed by atoms with Crippen LogP contribution >= 0.6 is 24.0 Å². The zero-order valence-corrected chi connectivity index (χ0v) is 16.8. The number of aliphatic hydroxyl groups excluding tert-OH is 1. The van der Waals surface area contributed by atoms with Crippen LogP contribution in [0, 0.1) is 12.8 Å². The number of nitrogens with zero attached hydrogens (tertiary/aromatic N) is 1. The van der Waals surface area contributed by atoms with Crippen LogP contribution in [0.2, 0.25) is 0 Å². The predicted molar refractivity (Wildman–Crippen MR) is 107 cm³/mol. The Morgan fingerprint density at radius 3 is 2.57 bits per heavy atom. The molecule has 0 spiro atoms. The minimum absolute atomic E-state index is 0. The van der Waals surface area contributed by atoms with Crippen LogP contribution in [0.15, 0.2) is 29.3 Å². The Balaban J connectivity index is 0.00000484. The normalized spacial score (nSPS) is 13.7. The first-order chi connectivity index (χ1) is 10.6. The number of ether oxygens (including phenoxy) is 1. The molecule has 5 nitrogen and oxygen atoms in total. The molecule has 1 rings (SSSR count). The molecular weight excluding hydrogens is 405 g/mol. The van der Waals surface area contributed by atoms with Crippen molar-refractivity contribution in [3.05, 3.63) is 29.8 Å². The molecule has 0 radical (unpaired) electrons. The number of rotatable bonds is 8. The Labute approximate surface area is 156 Å². The molecule has 0 heterocycles. The van der Waals surface area contributed by atoms with Crippen molar-refractivity contribution in [1.29, 1.82) is 0 Å². The van der Waals surface area contributed by atoms with Gasteiger partial charge < -0.3 is 20.5 Å². The number of hydrogen-bond donors (Lipinski definition) is 3. The Morgan fingerprint density at radius 2 is 1.96 bits per heavy atom. The lowest BCUT2D eigenvalue weighted by Crippen LogP contribution is -2.42. The molecule has 0 bridgehead atoms. The third-order valence-corrected chi connectivity index (χ3v) is 3.20. The van der Waals surface area contributed by atoms with Crippen LogP contribution in [0.4, 0.5) is 0 Å². The van der Waals surface area contributed by atoms with Gasteiger partial charge in [0.1, 0.15) is 11.9 Å². The molecule has 1 aromatic rings. The van der Waals surface area contributed by atoms with E-state index < -0.39 is 0 Å². The van der Waals surface area contributed by atoms with Crippen molar-refractivity contribution in [1.82, 2.24) is 10.6 Å². The average molecular weight is 435 g/mol. The molecule has 1 aromatic carbocycles.